The molecule has 1 aromatic heterocycles. The lowest BCUT2D eigenvalue weighted by Gasteiger charge is -2.09. The SMILES string of the molecule is CCOC(=O)/C(C(C)=N)=C(/O)CSc1nnc(-c2ccc(F)cc2)n1C. The highest BCUT2D eigenvalue weighted by molar-refractivity contribution is 7.99. The molecule has 138 valence electrons. The maximum absolute atomic E-state index is 13.0. The second-order valence-electron chi connectivity index (χ2n) is 5.33. The van der Waals surface area contributed by atoms with E-state index >= 15 is 0 Å². The lowest BCUT2D eigenvalue weighted by Crippen LogP contribution is -2.16. The van der Waals surface area contributed by atoms with E-state index in [1.165, 1.54) is 19.1 Å². The Morgan fingerprint density at radius 3 is 2.58 bits per heavy atom. The van der Waals surface area contributed by atoms with Crippen molar-refractivity contribution in [3.05, 3.63) is 41.4 Å². The van der Waals surface area contributed by atoms with Gasteiger partial charge in [0.05, 0.1) is 12.4 Å². The molecule has 0 saturated carbocycles. The zero-order chi connectivity index (χ0) is 19.3. The maximum Gasteiger partial charge on any atom is 0.343 e. The first-order chi connectivity index (χ1) is 12.3. The van der Waals surface area contributed by atoms with Crippen LogP contribution in [0.1, 0.15) is 13.8 Å². The summed E-state index contributed by atoms with van der Waals surface area (Å²) in [7, 11) is 1.75. The number of nitrogens with zero attached hydrogens (tertiary/aromatic N) is 3. The van der Waals surface area contributed by atoms with Crippen molar-refractivity contribution in [2.45, 2.75) is 19.0 Å². The highest BCUT2D eigenvalue weighted by atomic mass is 32.2. The van der Waals surface area contributed by atoms with E-state index in [9.17, 15) is 14.3 Å². The molecule has 0 spiro atoms. The number of hydrogen-bond donors (Lipinski definition) is 2. The van der Waals surface area contributed by atoms with E-state index in [1.807, 2.05) is 0 Å². The summed E-state index contributed by atoms with van der Waals surface area (Å²) in [6.07, 6.45) is 0. The Kier molecular flexibility index (Phi) is 6.51. The lowest BCUT2D eigenvalue weighted by molar-refractivity contribution is -0.138. The first kappa shape index (κ1) is 19.6. The molecule has 1 heterocycles. The Morgan fingerprint density at radius 2 is 2.00 bits per heavy atom. The number of carbonyl (C=O) groups excluding carboxylic acids is 1. The van der Waals surface area contributed by atoms with E-state index in [0.717, 1.165) is 11.8 Å². The van der Waals surface area contributed by atoms with Crippen LogP contribution in [-0.4, -0.2) is 43.9 Å². The quantitative estimate of drug-likeness (QED) is 0.252. The van der Waals surface area contributed by atoms with E-state index < -0.39 is 5.97 Å². The zero-order valence-electron chi connectivity index (χ0n) is 14.6. The summed E-state index contributed by atoms with van der Waals surface area (Å²) in [4.78, 5) is 11.9. The van der Waals surface area contributed by atoms with Crippen molar-refractivity contribution < 1.29 is 19.0 Å². The van der Waals surface area contributed by atoms with Crippen molar-refractivity contribution in [3.63, 3.8) is 0 Å². The molecule has 0 aliphatic carbocycles. The normalized spacial score (nSPS) is 11.8. The molecule has 0 unspecified atom stereocenters. The molecule has 0 aliphatic rings. The fourth-order valence-corrected chi connectivity index (χ4v) is 2.98. The van der Waals surface area contributed by atoms with Crippen LogP contribution in [0.25, 0.3) is 11.4 Å². The van der Waals surface area contributed by atoms with Gasteiger partial charge in [-0.3, -0.25) is 0 Å². The van der Waals surface area contributed by atoms with Gasteiger partial charge >= 0.3 is 5.97 Å². The summed E-state index contributed by atoms with van der Waals surface area (Å²) in [5.41, 5.74) is 0.474. The van der Waals surface area contributed by atoms with Crippen LogP contribution in [0, 0.1) is 11.2 Å². The number of halogens is 1. The number of thioether (sulfide) groups is 1. The van der Waals surface area contributed by atoms with Crippen molar-refractivity contribution in [3.8, 4) is 11.4 Å². The molecule has 0 atom stereocenters. The van der Waals surface area contributed by atoms with Crippen LogP contribution in [0.3, 0.4) is 0 Å². The summed E-state index contributed by atoms with van der Waals surface area (Å²) >= 11 is 1.16. The molecule has 7 nitrogen and oxygen atoms in total. The van der Waals surface area contributed by atoms with Gasteiger partial charge in [-0.05, 0) is 38.1 Å². The number of aliphatic hydroxyl groups excluding tert-OH is 1. The smallest absolute Gasteiger partial charge is 0.343 e. The first-order valence-electron chi connectivity index (χ1n) is 7.78. The van der Waals surface area contributed by atoms with Crippen LogP contribution in [0.2, 0.25) is 0 Å². The average molecular weight is 378 g/mol. The van der Waals surface area contributed by atoms with E-state index in [1.54, 1.807) is 30.7 Å². The van der Waals surface area contributed by atoms with Gasteiger partial charge in [-0.1, -0.05) is 11.8 Å². The number of benzene rings is 1. The van der Waals surface area contributed by atoms with E-state index in [0.29, 0.717) is 16.5 Å². The van der Waals surface area contributed by atoms with Crippen LogP contribution in [0.5, 0.6) is 0 Å². The van der Waals surface area contributed by atoms with E-state index in [2.05, 4.69) is 10.2 Å². The summed E-state index contributed by atoms with van der Waals surface area (Å²) < 4.78 is 19.6. The average Bonchev–Trinajstić information content (AvgIpc) is 2.94. The van der Waals surface area contributed by atoms with Gasteiger partial charge in [-0.15, -0.1) is 10.2 Å². The molecule has 0 radical (unpaired) electrons. The monoisotopic (exact) mass is 378 g/mol. The van der Waals surface area contributed by atoms with Crippen molar-refractivity contribution in [2.24, 2.45) is 7.05 Å². The van der Waals surface area contributed by atoms with Crippen molar-refractivity contribution in [2.75, 3.05) is 12.4 Å². The Labute approximate surface area is 154 Å². The minimum Gasteiger partial charge on any atom is -0.510 e. The molecule has 1 aromatic carbocycles. The third-order valence-corrected chi connectivity index (χ3v) is 4.45. The van der Waals surface area contributed by atoms with Gasteiger partial charge in [0.25, 0.3) is 0 Å². The predicted molar refractivity (Wildman–Crippen MR) is 96.8 cm³/mol. The van der Waals surface area contributed by atoms with E-state index in [-0.39, 0.29) is 35.2 Å². The molecular formula is C17H19FN4O3S. The molecule has 0 amide bonds. The summed E-state index contributed by atoms with van der Waals surface area (Å²) in [6.45, 7) is 3.21. The summed E-state index contributed by atoms with van der Waals surface area (Å²) in [5.74, 6) is -0.756. The standard InChI is InChI=1S/C17H19FN4O3S/c1-4-25-16(24)14(10(2)19)13(23)9-26-17-21-20-15(22(17)3)11-5-7-12(18)8-6-11/h5-8,19,23H,4,9H2,1-3H3/b14-13+,19-10?. The van der Waals surface area contributed by atoms with Gasteiger partial charge in [-0.25, -0.2) is 9.18 Å². The number of hydrogen-bond acceptors (Lipinski definition) is 7. The zero-order valence-corrected chi connectivity index (χ0v) is 15.4. The number of ether oxygens (including phenoxy) is 1. The maximum atomic E-state index is 13.0. The molecular weight excluding hydrogens is 359 g/mol. The largest absolute Gasteiger partial charge is 0.510 e. The Hall–Kier alpha value is -2.68. The second-order valence-corrected chi connectivity index (χ2v) is 6.27. The van der Waals surface area contributed by atoms with Gasteiger partial charge in [0.2, 0.25) is 0 Å². The molecule has 2 aromatic rings. The first-order valence-corrected chi connectivity index (χ1v) is 8.76. The number of nitrogens with one attached hydrogen (secondary N) is 1. The minimum absolute atomic E-state index is 0.0275. The molecule has 2 N–H and O–H groups in total. The molecule has 0 saturated heterocycles. The summed E-state index contributed by atoms with van der Waals surface area (Å²) in [6, 6.07) is 5.87. The van der Waals surface area contributed by atoms with Crippen LogP contribution in [0.4, 0.5) is 4.39 Å². The number of esters is 1. The molecule has 0 aliphatic heterocycles. The van der Waals surface area contributed by atoms with Gasteiger partial charge in [0.1, 0.15) is 17.1 Å². The summed E-state index contributed by atoms with van der Waals surface area (Å²) in [5, 5.41) is 26.5. The second kappa shape index (κ2) is 8.61. The Morgan fingerprint density at radius 1 is 1.35 bits per heavy atom. The van der Waals surface area contributed by atoms with Gasteiger partial charge in [0.15, 0.2) is 11.0 Å². The van der Waals surface area contributed by atoms with E-state index in [4.69, 9.17) is 10.1 Å². The molecule has 0 fully saturated rings. The number of carbonyl (C=O) groups is 1. The minimum atomic E-state index is -0.733. The highest BCUT2D eigenvalue weighted by Gasteiger charge is 2.20. The third-order valence-electron chi connectivity index (χ3n) is 3.42. The Balaban J connectivity index is 2.19. The topological polar surface area (TPSA) is 101 Å². The number of aliphatic hydroxyl groups is 1. The fraction of sp³-hybridized carbons (Fsp3) is 0.294. The number of rotatable bonds is 7. The highest BCUT2D eigenvalue weighted by Crippen LogP contribution is 2.24. The van der Waals surface area contributed by atoms with Gasteiger partial charge in [0, 0.05) is 18.3 Å². The van der Waals surface area contributed by atoms with Crippen LogP contribution in [0.15, 0.2) is 40.8 Å². The molecule has 26 heavy (non-hydrogen) atoms. The fourth-order valence-electron chi connectivity index (χ4n) is 2.19. The van der Waals surface area contributed by atoms with Crippen LogP contribution < -0.4 is 0 Å². The van der Waals surface area contributed by atoms with Gasteiger partial charge < -0.3 is 19.8 Å². The molecule has 9 heteroatoms. The van der Waals surface area contributed by atoms with Crippen molar-refractivity contribution >= 4 is 23.4 Å². The molecule has 2 rings (SSSR count). The predicted octanol–water partition coefficient (Wildman–Crippen LogP) is 3.13. The van der Waals surface area contributed by atoms with Crippen molar-refractivity contribution in [1.82, 2.24) is 14.8 Å². The van der Waals surface area contributed by atoms with Crippen molar-refractivity contribution in [1.29, 1.82) is 5.41 Å². The van der Waals surface area contributed by atoms with Crippen LogP contribution >= 0.6 is 11.8 Å². The lowest BCUT2D eigenvalue weighted by atomic mass is 10.1. The Bertz CT molecular complexity index is 846. The van der Waals surface area contributed by atoms with Gasteiger partial charge in [-0.2, -0.15) is 0 Å². The number of aromatic nitrogens is 3. The third kappa shape index (κ3) is 4.48. The van der Waals surface area contributed by atoms with Crippen LogP contribution in [-0.2, 0) is 16.6 Å². The molecule has 0 bridgehead atoms.